The van der Waals surface area contributed by atoms with Gasteiger partial charge in [-0.05, 0) is 11.6 Å². The standard InChI is InChI=1S/C8H8ClNO2.ClH/c1-12-8(11)7-5-10-3-2-6(7)4-9;/h2-3,5H,4H2,1H3;1H. The summed E-state index contributed by atoms with van der Waals surface area (Å²) < 4.78 is 4.54. The van der Waals surface area contributed by atoms with Gasteiger partial charge in [-0.2, -0.15) is 0 Å². The Morgan fingerprint density at radius 1 is 1.69 bits per heavy atom. The minimum absolute atomic E-state index is 0. The molecule has 0 aromatic carbocycles. The summed E-state index contributed by atoms with van der Waals surface area (Å²) in [6, 6.07) is 1.69. The second-order valence-corrected chi connectivity index (χ2v) is 2.43. The molecule has 0 unspecified atom stereocenters. The predicted molar refractivity (Wildman–Crippen MR) is 52.4 cm³/mol. The molecule has 1 aromatic rings. The summed E-state index contributed by atoms with van der Waals surface area (Å²) in [7, 11) is 1.33. The fraction of sp³-hybridized carbons (Fsp3) is 0.250. The molecule has 0 saturated heterocycles. The van der Waals surface area contributed by atoms with Gasteiger partial charge in [0.25, 0.3) is 0 Å². The SMILES string of the molecule is COC(=O)c1cnccc1CCl.Cl. The van der Waals surface area contributed by atoms with Crippen molar-refractivity contribution in [3.8, 4) is 0 Å². The third kappa shape index (κ3) is 2.86. The van der Waals surface area contributed by atoms with E-state index in [0.717, 1.165) is 5.56 Å². The molecule has 0 saturated carbocycles. The minimum Gasteiger partial charge on any atom is -0.465 e. The minimum atomic E-state index is -0.404. The van der Waals surface area contributed by atoms with Gasteiger partial charge in [0.1, 0.15) is 0 Å². The first kappa shape index (κ1) is 12.2. The summed E-state index contributed by atoms with van der Waals surface area (Å²) in [5.41, 5.74) is 1.16. The van der Waals surface area contributed by atoms with Gasteiger partial charge in [0.2, 0.25) is 0 Å². The van der Waals surface area contributed by atoms with Crippen LogP contribution in [0.25, 0.3) is 0 Å². The van der Waals surface area contributed by atoms with Crippen LogP contribution in [0.4, 0.5) is 0 Å². The van der Waals surface area contributed by atoms with Gasteiger partial charge in [0.15, 0.2) is 0 Å². The fourth-order valence-corrected chi connectivity index (χ4v) is 1.07. The van der Waals surface area contributed by atoms with Crippen LogP contribution in [0, 0.1) is 0 Å². The van der Waals surface area contributed by atoms with E-state index in [0.29, 0.717) is 5.56 Å². The van der Waals surface area contributed by atoms with Crippen LogP contribution in [0.1, 0.15) is 15.9 Å². The molecule has 0 bridgehead atoms. The lowest BCUT2D eigenvalue weighted by Crippen LogP contribution is -2.05. The van der Waals surface area contributed by atoms with Gasteiger partial charge in [-0.15, -0.1) is 24.0 Å². The number of pyridine rings is 1. The lowest BCUT2D eigenvalue weighted by molar-refractivity contribution is 0.0599. The van der Waals surface area contributed by atoms with E-state index >= 15 is 0 Å². The number of esters is 1. The second-order valence-electron chi connectivity index (χ2n) is 2.16. The van der Waals surface area contributed by atoms with E-state index in [-0.39, 0.29) is 18.3 Å². The Labute approximate surface area is 87.5 Å². The monoisotopic (exact) mass is 221 g/mol. The highest BCUT2D eigenvalue weighted by molar-refractivity contribution is 6.17. The van der Waals surface area contributed by atoms with Crippen LogP contribution in [0.15, 0.2) is 18.5 Å². The first-order chi connectivity index (χ1) is 5.79. The Hall–Kier alpha value is -0.800. The van der Waals surface area contributed by atoms with E-state index < -0.39 is 5.97 Å². The molecule has 0 aliphatic carbocycles. The molecule has 0 aliphatic rings. The normalized spacial score (nSPS) is 8.77. The summed E-state index contributed by atoms with van der Waals surface area (Å²) in [5, 5.41) is 0. The van der Waals surface area contributed by atoms with Crippen molar-refractivity contribution in [2.24, 2.45) is 0 Å². The number of methoxy groups -OCH3 is 1. The number of hydrogen-bond donors (Lipinski definition) is 0. The smallest absolute Gasteiger partial charge is 0.339 e. The zero-order valence-corrected chi connectivity index (χ0v) is 8.56. The van der Waals surface area contributed by atoms with Crippen molar-refractivity contribution in [2.45, 2.75) is 5.88 Å². The largest absolute Gasteiger partial charge is 0.465 e. The average Bonchev–Trinajstić information content (AvgIpc) is 2.16. The number of aromatic nitrogens is 1. The maximum Gasteiger partial charge on any atom is 0.339 e. The number of carbonyl (C=O) groups is 1. The molecule has 0 aliphatic heterocycles. The Kier molecular flexibility index (Phi) is 5.42. The lowest BCUT2D eigenvalue weighted by Gasteiger charge is -2.02. The molecule has 0 spiro atoms. The maximum atomic E-state index is 11.1. The van der Waals surface area contributed by atoms with Crippen molar-refractivity contribution in [1.29, 1.82) is 0 Å². The number of nitrogens with zero attached hydrogens (tertiary/aromatic N) is 1. The van der Waals surface area contributed by atoms with Gasteiger partial charge in [0.05, 0.1) is 12.7 Å². The van der Waals surface area contributed by atoms with Crippen molar-refractivity contribution in [1.82, 2.24) is 4.98 Å². The quantitative estimate of drug-likeness (QED) is 0.567. The summed E-state index contributed by atoms with van der Waals surface area (Å²) in [6.45, 7) is 0. The van der Waals surface area contributed by atoms with Crippen LogP contribution in [0.3, 0.4) is 0 Å². The molecule has 0 radical (unpaired) electrons. The highest BCUT2D eigenvalue weighted by Crippen LogP contribution is 2.10. The molecule has 1 heterocycles. The first-order valence-corrected chi connectivity index (χ1v) is 3.90. The third-order valence-corrected chi connectivity index (χ3v) is 1.75. The van der Waals surface area contributed by atoms with Crippen LogP contribution in [-0.4, -0.2) is 18.1 Å². The number of carbonyl (C=O) groups excluding carboxylic acids is 1. The first-order valence-electron chi connectivity index (χ1n) is 3.36. The lowest BCUT2D eigenvalue weighted by atomic mass is 10.2. The van der Waals surface area contributed by atoms with Gasteiger partial charge in [-0.3, -0.25) is 4.98 Å². The van der Waals surface area contributed by atoms with Gasteiger partial charge in [-0.25, -0.2) is 4.79 Å². The van der Waals surface area contributed by atoms with Gasteiger partial charge in [0, 0.05) is 18.3 Å². The van der Waals surface area contributed by atoms with Crippen molar-refractivity contribution < 1.29 is 9.53 Å². The van der Waals surface area contributed by atoms with Crippen molar-refractivity contribution >= 4 is 30.0 Å². The topological polar surface area (TPSA) is 39.2 Å². The highest BCUT2D eigenvalue weighted by atomic mass is 35.5. The number of rotatable bonds is 2. The Morgan fingerprint density at radius 3 is 2.92 bits per heavy atom. The molecule has 5 heteroatoms. The predicted octanol–water partition coefficient (Wildman–Crippen LogP) is 2.03. The highest BCUT2D eigenvalue weighted by Gasteiger charge is 2.09. The van der Waals surface area contributed by atoms with E-state index in [1.807, 2.05) is 0 Å². The van der Waals surface area contributed by atoms with Crippen molar-refractivity contribution in [2.75, 3.05) is 7.11 Å². The number of halogens is 2. The van der Waals surface area contributed by atoms with Gasteiger partial charge < -0.3 is 4.74 Å². The summed E-state index contributed by atoms with van der Waals surface area (Å²) >= 11 is 5.60. The van der Waals surface area contributed by atoms with Crippen LogP contribution in [-0.2, 0) is 10.6 Å². The molecule has 13 heavy (non-hydrogen) atoms. The van der Waals surface area contributed by atoms with Crippen LogP contribution >= 0.6 is 24.0 Å². The Balaban J connectivity index is 0.00000144. The molecule has 0 amide bonds. The molecule has 3 nitrogen and oxygen atoms in total. The summed E-state index contributed by atoms with van der Waals surface area (Å²) in [6.07, 6.45) is 3.04. The zero-order chi connectivity index (χ0) is 8.97. The Bertz CT molecular complexity index is 291. The van der Waals surface area contributed by atoms with Crippen LogP contribution < -0.4 is 0 Å². The molecule has 0 fully saturated rings. The molecule has 72 valence electrons. The molecular weight excluding hydrogens is 213 g/mol. The number of hydrogen-bond acceptors (Lipinski definition) is 3. The van der Waals surface area contributed by atoms with E-state index in [9.17, 15) is 4.79 Å². The molecular formula is C8H9Cl2NO2. The third-order valence-electron chi connectivity index (χ3n) is 1.46. The Morgan fingerprint density at radius 2 is 2.38 bits per heavy atom. The van der Waals surface area contributed by atoms with Gasteiger partial charge in [-0.1, -0.05) is 0 Å². The zero-order valence-electron chi connectivity index (χ0n) is 6.99. The van der Waals surface area contributed by atoms with Crippen LogP contribution in [0.2, 0.25) is 0 Å². The molecule has 1 rings (SSSR count). The molecule has 0 atom stereocenters. The van der Waals surface area contributed by atoms with E-state index in [1.54, 1.807) is 12.3 Å². The van der Waals surface area contributed by atoms with Crippen LogP contribution in [0.5, 0.6) is 0 Å². The van der Waals surface area contributed by atoms with Crippen molar-refractivity contribution in [3.63, 3.8) is 0 Å². The number of alkyl halides is 1. The van der Waals surface area contributed by atoms with E-state index in [4.69, 9.17) is 11.6 Å². The molecule has 0 N–H and O–H groups in total. The average molecular weight is 222 g/mol. The van der Waals surface area contributed by atoms with E-state index in [1.165, 1.54) is 13.3 Å². The van der Waals surface area contributed by atoms with Gasteiger partial charge >= 0.3 is 5.97 Å². The van der Waals surface area contributed by atoms with Crippen molar-refractivity contribution in [3.05, 3.63) is 29.6 Å². The summed E-state index contributed by atoms with van der Waals surface area (Å²) in [5.74, 6) is -0.119. The van der Waals surface area contributed by atoms with E-state index in [2.05, 4.69) is 9.72 Å². The maximum absolute atomic E-state index is 11.1. The fourth-order valence-electron chi connectivity index (χ4n) is 0.834. The number of ether oxygens (including phenoxy) is 1. The summed E-state index contributed by atoms with van der Waals surface area (Å²) in [4.78, 5) is 14.9. The second kappa shape index (κ2) is 5.78. The molecule has 1 aromatic heterocycles.